The lowest BCUT2D eigenvalue weighted by atomic mass is 10.2. The highest BCUT2D eigenvalue weighted by Gasteiger charge is 2.20. The average Bonchev–Trinajstić information content (AvgIpc) is 2.25. The van der Waals surface area contributed by atoms with Crippen LogP contribution >= 0.6 is 11.8 Å². The van der Waals surface area contributed by atoms with E-state index in [1.165, 1.54) is 7.05 Å². The lowest BCUT2D eigenvalue weighted by Gasteiger charge is -2.24. The molecule has 16 heavy (non-hydrogen) atoms. The minimum atomic E-state index is -0.484. The fourth-order valence-electron chi connectivity index (χ4n) is 0.846. The van der Waals surface area contributed by atoms with Gasteiger partial charge in [0.15, 0.2) is 0 Å². The summed E-state index contributed by atoms with van der Waals surface area (Å²) in [6.45, 7) is 6.62. The molecule has 0 rings (SSSR count). The van der Waals surface area contributed by atoms with Crippen LogP contribution in [0.3, 0.4) is 0 Å². The summed E-state index contributed by atoms with van der Waals surface area (Å²) in [4.78, 5) is 22.4. The molecule has 0 aromatic rings. The summed E-state index contributed by atoms with van der Waals surface area (Å²) < 4.78 is 0.0710. The van der Waals surface area contributed by atoms with Crippen molar-refractivity contribution in [3.8, 4) is 0 Å². The van der Waals surface area contributed by atoms with Gasteiger partial charge in [0.25, 0.3) is 0 Å². The minimum Gasteiger partial charge on any atom is -0.341 e. The maximum absolute atomic E-state index is 11.5. The van der Waals surface area contributed by atoms with E-state index in [1.54, 1.807) is 18.7 Å². The van der Waals surface area contributed by atoms with Crippen molar-refractivity contribution in [2.45, 2.75) is 31.6 Å². The van der Waals surface area contributed by atoms with Gasteiger partial charge in [0.1, 0.15) is 0 Å². The van der Waals surface area contributed by atoms with Crippen LogP contribution in [0.2, 0.25) is 0 Å². The smallest absolute Gasteiger partial charge is 0.321 e. The number of amides is 3. The fraction of sp³-hybridized carbons (Fsp3) is 0.800. The molecular weight excluding hydrogens is 226 g/mol. The molecule has 0 bridgehead atoms. The van der Waals surface area contributed by atoms with Crippen molar-refractivity contribution < 1.29 is 9.59 Å². The van der Waals surface area contributed by atoms with Crippen LogP contribution in [0.15, 0.2) is 0 Å². The van der Waals surface area contributed by atoms with Gasteiger partial charge in [0.2, 0.25) is 5.91 Å². The molecule has 0 radical (unpaired) electrons. The summed E-state index contributed by atoms with van der Waals surface area (Å²) in [7, 11) is 1.47. The van der Waals surface area contributed by atoms with Gasteiger partial charge in [0, 0.05) is 18.3 Å². The highest BCUT2D eigenvalue weighted by molar-refractivity contribution is 7.99. The Morgan fingerprint density at radius 2 is 1.94 bits per heavy atom. The van der Waals surface area contributed by atoms with Gasteiger partial charge in [-0.3, -0.25) is 10.1 Å². The molecule has 0 fully saturated rings. The van der Waals surface area contributed by atoms with Crippen LogP contribution in [-0.2, 0) is 4.79 Å². The molecule has 0 aromatic carbocycles. The zero-order chi connectivity index (χ0) is 12.8. The van der Waals surface area contributed by atoms with Crippen LogP contribution in [0.1, 0.15) is 20.8 Å². The Bertz CT molecular complexity index is 256. The third kappa shape index (κ3) is 5.97. The number of carbonyl (C=O) groups is 2. The number of hydrogen-bond donors (Lipinski definition) is 3. The average molecular weight is 247 g/mol. The van der Waals surface area contributed by atoms with Crippen LogP contribution in [0.5, 0.6) is 0 Å². The number of hydrogen-bond acceptors (Lipinski definition) is 4. The first-order valence-electron chi connectivity index (χ1n) is 5.13. The fourth-order valence-corrected chi connectivity index (χ4v) is 1.07. The SMILES string of the molecule is CNC(=O)NC(=O)C(C)NCC(C)(C)SC. The molecule has 5 nitrogen and oxygen atoms in total. The quantitative estimate of drug-likeness (QED) is 0.664. The first kappa shape index (κ1) is 15.2. The van der Waals surface area contributed by atoms with Crippen molar-refractivity contribution in [3.05, 3.63) is 0 Å². The molecule has 1 atom stereocenters. The summed E-state index contributed by atoms with van der Waals surface area (Å²) in [5.74, 6) is -0.323. The van der Waals surface area contributed by atoms with Crippen LogP contribution in [-0.4, -0.2) is 42.6 Å². The zero-order valence-corrected chi connectivity index (χ0v) is 11.3. The molecule has 0 heterocycles. The van der Waals surface area contributed by atoms with Gasteiger partial charge in [0.05, 0.1) is 6.04 Å². The summed E-state index contributed by atoms with van der Waals surface area (Å²) >= 11 is 1.73. The van der Waals surface area contributed by atoms with Crippen molar-refractivity contribution in [3.63, 3.8) is 0 Å². The third-order valence-electron chi connectivity index (χ3n) is 2.24. The number of urea groups is 1. The van der Waals surface area contributed by atoms with Crippen LogP contribution in [0.4, 0.5) is 4.79 Å². The number of rotatable bonds is 5. The topological polar surface area (TPSA) is 70.2 Å². The van der Waals surface area contributed by atoms with Crippen molar-refractivity contribution >= 4 is 23.7 Å². The number of thioether (sulfide) groups is 1. The van der Waals surface area contributed by atoms with E-state index in [4.69, 9.17) is 0 Å². The summed E-state index contributed by atoms with van der Waals surface area (Å²) in [6.07, 6.45) is 2.02. The summed E-state index contributed by atoms with van der Waals surface area (Å²) in [6, 6.07) is -0.869. The van der Waals surface area contributed by atoms with Gasteiger partial charge < -0.3 is 10.6 Å². The second-order valence-corrected chi connectivity index (χ2v) is 5.65. The van der Waals surface area contributed by atoms with E-state index in [-0.39, 0.29) is 16.7 Å². The van der Waals surface area contributed by atoms with Crippen molar-refractivity contribution in [2.24, 2.45) is 0 Å². The predicted octanol–water partition coefficient (Wildman–Crippen LogP) is 0.562. The molecule has 0 saturated heterocycles. The van der Waals surface area contributed by atoms with Crippen LogP contribution in [0, 0.1) is 0 Å². The number of imide groups is 1. The van der Waals surface area contributed by atoms with Crippen LogP contribution < -0.4 is 16.0 Å². The second-order valence-electron chi connectivity index (χ2n) is 4.13. The normalized spacial score (nSPS) is 13.1. The van der Waals surface area contributed by atoms with E-state index >= 15 is 0 Å². The van der Waals surface area contributed by atoms with Gasteiger partial charge >= 0.3 is 6.03 Å². The van der Waals surface area contributed by atoms with E-state index in [0.29, 0.717) is 6.54 Å². The van der Waals surface area contributed by atoms with Crippen molar-refractivity contribution in [1.29, 1.82) is 0 Å². The van der Waals surface area contributed by atoms with E-state index < -0.39 is 6.03 Å². The maximum atomic E-state index is 11.5. The van der Waals surface area contributed by atoms with E-state index in [2.05, 4.69) is 29.8 Å². The molecule has 94 valence electrons. The minimum absolute atomic E-state index is 0.0710. The Hall–Kier alpha value is -0.750. The molecule has 0 aromatic heterocycles. The molecule has 1 unspecified atom stereocenters. The monoisotopic (exact) mass is 247 g/mol. The molecule has 0 aliphatic carbocycles. The predicted molar refractivity (Wildman–Crippen MR) is 67.7 cm³/mol. The molecule has 0 saturated carbocycles. The molecule has 0 aliphatic heterocycles. The van der Waals surface area contributed by atoms with E-state index in [0.717, 1.165) is 0 Å². The van der Waals surface area contributed by atoms with E-state index in [1.807, 2.05) is 6.26 Å². The first-order chi connectivity index (χ1) is 7.32. The Labute approximate surface area is 101 Å². The van der Waals surface area contributed by atoms with Gasteiger partial charge in [-0.1, -0.05) is 0 Å². The molecule has 6 heteroatoms. The van der Waals surface area contributed by atoms with Gasteiger partial charge in [-0.2, -0.15) is 11.8 Å². The third-order valence-corrected chi connectivity index (χ3v) is 3.49. The largest absolute Gasteiger partial charge is 0.341 e. The number of nitrogens with one attached hydrogen (secondary N) is 3. The highest BCUT2D eigenvalue weighted by atomic mass is 32.2. The Morgan fingerprint density at radius 1 is 1.38 bits per heavy atom. The van der Waals surface area contributed by atoms with Gasteiger partial charge in [-0.25, -0.2) is 4.79 Å². The summed E-state index contributed by atoms with van der Waals surface area (Å²) in [5.41, 5.74) is 0. The molecular formula is C10H21N3O2S. The molecule has 3 N–H and O–H groups in total. The van der Waals surface area contributed by atoms with Crippen LogP contribution in [0.25, 0.3) is 0 Å². The standard InChI is InChI=1S/C10H21N3O2S/c1-7(8(14)13-9(15)11-4)12-6-10(2,3)16-5/h7,12H,6H2,1-5H3,(H2,11,13,14,15). The van der Waals surface area contributed by atoms with Gasteiger partial charge in [-0.15, -0.1) is 0 Å². The van der Waals surface area contributed by atoms with E-state index in [9.17, 15) is 9.59 Å². The first-order valence-corrected chi connectivity index (χ1v) is 6.36. The molecule has 0 spiro atoms. The summed E-state index contributed by atoms with van der Waals surface area (Å²) in [5, 5.41) is 7.65. The zero-order valence-electron chi connectivity index (χ0n) is 10.5. The molecule has 3 amide bonds. The number of carbonyl (C=O) groups excluding carboxylic acids is 2. The highest BCUT2D eigenvalue weighted by Crippen LogP contribution is 2.19. The van der Waals surface area contributed by atoms with Gasteiger partial charge in [-0.05, 0) is 27.0 Å². The Balaban J connectivity index is 4.02. The lowest BCUT2D eigenvalue weighted by Crippen LogP contribution is -2.49. The Morgan fingerprint density at radius 3 is 2.38 bits per heavy atom. The second kappa shape index (κ2) is 6.75. The molecule has 0 aliphatic rings. The Kier molecular flexibility index (Phi) is 6.43. The lowest BCUT2D eigenvalue weighted by molar-refractivity contribution is -0.121. The van der Waals surface area contributed by atoms with Crippen molar-refractivity contribution in [2.75, 3.05) is 19.8 Å². The van der Waals surface area contributed by atoms with Crippen molar-refractivity contribution in [1.82, 2.24) is 16.0 Å². The maximum Gasteiger partial charge on any atom is 0.321 e.